The summed E-state index contributed by atoms with van der Waals surface area (Å²) in [6.07, 6.45) is 1.12. The minimum atomic E-state index is 1.11. The first-order chi connectivity index (χ1) is 7.72. The summed E-state index contributed by atoms with van der Waals surface area (Å²) >= 11 is 2.40. The molecule has 2 nitrogen and oxygen atoms in total. The van der Waals surface area contributed by atoms with Gasteiger partial charge in [-0.1, -0.05) is 25.1 Å². The Balaban J connectivity index is 2.26. The summed E-state index contributed by atoms with van der Waals surface area (Å²) in [6.45, 7) is 4.42. The van der Waals surface area contributed by atoms with Crippen molar-refractivity contribution in [1.82, 2.24) is 9.88 Å². The van der Waals surface area contributed by atoms with Gasteiger partial charge >= 0.3 is 0 Å². The van der Waals surface area contributed by atoms with Crippen molar-refractivity contribution >= 4 is 33.5 Å². The predicted octanol–water partition coefficient (Wildman–Crippen LogP) is 3.27. The third-order valence-electron chi connectivity index (χ3n) is 3.04. The number of fused-ring (bicyclic) bond motifs is 1. The number of para-hydroxylation sites is 1. The summed E-state index contributed by atoms with van der Waals surface area (Å²) < 4.78 is 1.28. The molecule has 86 valence electrons. The van der Waals surface area contributed by atoms with E-state index in [0.29, 0.717) is 0 Å². The quantitative estimate of drug-likeness (QED) is 0.854. The van der Waals surface area contributed by atoms with E-state index in [4.69, 9.17) is 0 Å². The summed E-state index contributed by atoms with van der Waals surface area (Å²) in [5.74, 6) is 0. The molecule has 16 heavy (non-hydrogen) atoms. The van der Waals surface area contributed by atoms with E-state index in [1.807, 2.05) is 0 Å². The number of aromatic nitrogens is 1. The van der Waals surface area contributed by atoms with Crippen molar-refractivity contribution in [2.45, 2.75) is 13.3 Å². The Bertz CT molecular complexity index is 476. The molecule has 0 atom stereocenters. The van der Waals surface area contributed by atoms with Crippen LogP contribution in [0.15, 0.2) is 24.3 Å². The smallest absolute Gasteiger partial charge is 0.0815 e. The lowest BCUT2D eigenvalue weighted by molar-refractivity contribution is 0.358. The van der Waals surface area contributed by atoms with Crippen LogP contribution in [-0.2, 0) is 6.42 Å². The first kappa shape index (κ1) is 11.9. The average Bonchev–Trinajstić information content (AvgIpc) is 2.62. The predicted molar refractivity (Wildman–Crippen MR) is 77.9 cm³/mol. The molecule has 0 spiro atoms. The summed E-state index contributed by atoms with van der Waals surface area (Å²) in [7, 11) is 2.17. The van der Waals surface area contributed by atoms with Gasteiger partial charge in [-0.25, -0.2) is 0 Å². The van der Waals surface area contributed by atoms with E-state index in [0.717, 1.165) is 19.5 Å². The summed E-state index contributed by atoms with van der Waals surface area (Å²) in [4.78, 5) is 5.78. The third kappa shape index (κ3) is 2.40. The fourth-order valence-electron chi connectivity index (χ4n) is 1.87. The lowest BCUT2D eigenvalue weighted by Crippen LogP contribution is -2.20. The Morgan fingerprint density at radius 1 is 1.31 bits per heavy atom. The highest BCUT2D eigenvalue weighted by Gasteiger charge is 2.09. The molecule has 1 aromatic carbocycles. The second-order valence-corrected chi connectivity index (χ2v) is 5.19. The van der Waals surface area contributed by atoms with Gasteiger partial charge in [0.05, 0.1) is 3.70 Å². The molecular formula is C13H17IN2. The number of hydrogen-bond donors (Lipinski definition) is 1. The maximum absolute atomic E-state index is 3.44. The lowest BCUT2D eigenvalue weighted by Gasteiger charge is -2.13. The monoisotopic (exact) mass is 328 g/mol. The fourth-order valence-corrected chi connectivity index (χ4v) is 2.72. The highest BCUT2D eigenvalue weighted by Crippen LogP contribution is 2.24. The molecule has 0 saturated heterocycles. The van der Waals surface area contributed by atoms with Gasteiger partial charge < -0.3 is 9.88 Å². The van der Waals surface area contributed by atoms with Crippen molar-refractivity contribution in [3.8, 4) is 0 Å². The molecule has 0 aliphatic rings. The number of nitrogens with one attached hydrogen (secondary N) is 1. The maximum atomic E-state index is 3.44. The van der Waals surface area contributed by atoms with Crippen molar-refractivity contribution in [3.63, 3.8) is 0 Å². The van der Waals surface area contributed by atoms with Crippen molar-refractivity contribution in [1.29, 1.82) is 0 Å². The van der Waals surface area contributed by atoms with E-state index in [2.05, 4.69) is 70.7 Å². The zero-order valence-corrected chi connectivity index (χ0v) is 11.9. The van der Waals surface area contributed by atoms with Gasteiger partial charge in [-0.3, -0.25) is 0 Å². The molecule has 1 N–H and O–H groups in total. The number of halogens is 1. The van der Waals surface area contributed by atoms with Crippen LogP contribution in [0.3, 0.4) is 0 Å². The molecule has 1 aromatic heterocycles. The van der Waals surface area contributed by atoms with E-state index in [9.17, 15) is 0 Å². The molecule has 0 bridgehead atoms. The minimum Gasteiger partial charge on any atom is -0.350 e. The molecule has 0 fully saturated rings. The fraction of sp³-hybridized carbons (Fsp3) is 0.385. The lowest BCUT2D eigenvalue weighted by atomic mass is 10.1. The molecule has 3 heteroatoms. The van der Waals surface area contributed by atoms with E-state index in [1.165, 1.54) is 20.2 Å². The number of rotatable bonds is 4. The van der Waals surface area contributed by atoms with E-state index in [-0.39, 0.29) is 0 Å². The molecule has 2 aromatic rings. The number of H-pyrrole nitrogens is 1. The molecular weight excluding hydrogens is 311 g/mol. The van der Waals surface area contributed by atoms with Gasteiger partial charge in [-0.05, 0) is 54.2 Å². The van der Waals surface area contributed by atoms with E-state index in [1.54, 1.807) is 0 Å². The highest BCUT2D eigenvalue weighted by molar-refractivity contribution is 14.1. The normalized spacial score (nSPS) is 11.5. The van der Waals surface area contributed by atoms with Crippen LogP contribution in [0.1, 0.15) is 12.5 Å². The molecule has 0 unspecified atom stereocenters. The number of likely N-dealkylation sites (N-methyl/N-ethyl adjacent to an activating group) is 1. The molecule has 1 heterocycles. The molecule has 0 saturated carbocycles. The van der Waals surface area contributed by atoms with E-state index < -0.39 is 0 Å². The van der Waals surface area contributed by atoms with Gasteiger partial charge in [-0.2, -0.15) is 0 Å². The van der Waals surface area contributed by atoms with Crippen LogP contribution in [0.4, 0.5) is 0 Å². The number of aromatic amines is 1. The van der Waals surface area contributed by atoms with Crippen LogP contribution in [0, 0.1) is 3.70 Å². The van der Waals surface area contributed by atoms with Crippen molar-refractivity contribution in [3.05, 3.63) is 33.5 Å². The van der Waals surface area contributed by atoms with Gasteiger partial charge in [0, 0.05) is 17.4 Å². The standard InChI is InChI=1S/C13H17IN2/c1-3-16(2)9-8-11-10-6-4-5-7-12(10)15-13(11)14/h4-7,15H,3,8-9H2,1-2H3. The zero-order chi connectivity index (χ0) is 11.5. The van der Waals surface area contributed by atoms with Crippen molar-refractivity contribution < 1.29 is 0 Å². The Morgan fingerprint density at radius 3 is 2.81 bits per heavy atom. The Labute approximate surface area is 110 Å². The Morgan fingerprint density at radius 2 is 2.06 bits per heavy atom. The molecule has 0 aliphatic heterocycles. The van der Waals surface area contributed by atoms with Crippen LogP contribution in [0.2, 0.25) is 0 Å². The van der Waals surface area contributed by atoms with Crippen LogP contribution in [0.25, 0.3) is 10.9 Å². The van der Waals surface area contributed by atoms with Crippen molar-refractivity contribution in [2.75, 3.05) is 20.1 Å². The van der Waals surface area contributed by atoms with Crippen LogP contribution in [0.5, 0.6) is 0 Å². The molecule has 2 rings (SSSR count). The second-order valence-electron chi connectivity index (χ2n) is 4.11. The minimum absolute atomic E-state index is 1.11. The molecule has 0 aliphatic carbocycles. The summed E-state index contributed by atoms with van der Waals surface area (Å²) in [5, 5.41) is 1.37. The van der Waals surface area contributed by atoms with Gasteiger partial charge in [0.2, 0.25) is 0 Å². The third-order valence-corrected chi connectivity index (χ3v) is 3.97. The number of hydrogen-bond acceptors (Lipinski definition) is 1. The molecule has 0 amide bonds. The van der Waals surface area contributed by atoms with Gasteiger partial charge in [0.25, 0.3) is 0 Å². The first-order valence-electron chi connectivity index (χ1n) is 5.66. The highest BCUT2D eigenvalue weighted by atomic mass is 127. The maximum Gasteiger partial charge on any atom is 0.0815 e. The van der Waals surface area contributed by atoms with E-state index >= 15 is 0 Å². The van der Waals surface area contributed by atoms with Gasteiger partial charge in [0.15, 0.2) is 0 Å². The largest absolute Gasteiger partial charge is 0.350 e. The SMILES string of the molecule is CCN(C)CCc1c(I)[nH]c2ccccc12. The second kappa shape index (κ2) is 5.19. The molecule has 0 radical (unpaired) electrons. The summed E-state index contributed by atoms with van der Waals surface area (Å²) in [5.41, 5.74) is 2.71. The number of nitrogens with zero attached hydrogens (tertiary/aromatic N) is 1. The summed E-state index contributed by atoms with van der Waals surface area (Å²) in [6, 6.07) is 8.54. The topological polar surface area (TPSA) is 19.0 Å². The van der Waals surface area contributed by atoms with Crippen molar-refractivity contribution in [2.24, 2.45) is 0 Å². The van der Waals surface area contributed by atoms with Crippen LogP contribution >= 0.6 is 22.6 Å². The Hall–Kier alpha value is -0.550. The van der Waals surface area contributed by atoms with Crippen LogP contribution in [-0.4, -0.2) is 30.0 Å². The average molecular weight is 328 g/mol. The van der Waals surface area contributed by atoms with Gasteiger partial charge in [-0.15, -0.1) is 0 Å². The van der Waals surface area contributed by atoms with Crippen LogP contribution < -0.4 is 0 Å². The number of benzene rings is 1. The first-order valence-corrected chi connectivity index (χ1v) is 6.74. The zero-order valence-electron chi connectivity index (χ0n) is 9.76. The van der Waals surface area contributed by atoms with Gasteiger partial charge in [0.1, 0.15) is 0 Å². The Kier molecular flexibility index (Phi) is 3.86.